The van der Waals surface area contributed by atoms with Crippen molar-refractivity contribution in [2.75, 3.05) is 6.61 Å². The predicted molar refractivity (Wildman–Crippen MR) is 132 cm³/mol. The van der Waals surface area contributed by atoms with Gasteiger partial charge in [0.2, 0.25) is 0 Å². The van der Waals surface area contributed by atoms with E-state index in [9.17, 15) is 4.79 Å². The van der Waals surface area contributed by atoms with Gasteiger partial charge in [-0.15, -0.1) is 0 Å². The van der Waals surface area contributed by atoms with Crippen LogP contribution in [0.4, 0.5) is 0 Å². The van der Waals surface area contributed by atoms with Gasteiger partial charge in [0.15, 0.2) is 11.5 Å². The van der Waals surface area contributed by atoms with Gasteiger partial charge in [0.05, 0.1) is 16.4 Å². The SMILES string of the molecule is CCOc1cc(/C=N\NC(=O)c2ccccc2C)cc(I)c1OCc1ccccc1Cl. The average Bonchev–Trinajstić information content (AvgIpc) is 2.75. The summed E-state index contributed by atoms with van der Waals surface area (Å²) in [5.41, 5.74) is 5.73. The first kappa shape index (κ1) is 23.1. The van der Waals surface area contributed by atoms with Crippen LogP contribution in [0.1, 0.15) is 34.0 Å². The Morgan fingerprint density at radius 1 is 1.13 bits per heavy atom. The lowest BCUT2D eigenvalue weighted by atomic mass is 10.1. The van der Waals surface area contributed by atoms with Crippen LogP contribution in [0, 0.1) is 10.5 Å². The number of hydrogen-bond acceptors (Lipinski definition) is 4. The summed E-state index contributed by atoms with van der Waals surface area (Å²) in [6.45, 7) is 4.61. The second-order valence-corrected chi connectivity index (χ2v) is 8.23. The number of nitrogens with one attached hydrogen (secondary N) is 1. The minimum Gasteiger partial charge on any atom is -0.490 e. The third-order valence-electron chi connectivity index (χ3n) is 4.43. The minimum absolute atomic E-state index is 0.256. The normalized spacial score (nSPS) is 10.8. The predicted octanol–water partition coefficient (Wildman–Crippen LogP) is 5.99. The minimum atomic E-state index is -0.256. The molecule has 0 saturated heterocycles. The fourth-order valence-corrected chi connectivity index (χ4v) is 3.86. The summed E-state index contributed by atoms with van der Waals surface area (Å²) in [4.78, 5) is 12.3. The molecule has 0 spiro atoms. The molecule has 0 fully saturated rings. The monoisotopic (exact) mass is 548 g/mol. The maximum atomic E-state index is 12.3. The standard InChI is InChI=1S/C24H22ClIN2O3/c1-3-30-22-13-17(14-27-28-24(29)19-10-6-4-8-16(19)2)12-21(26)23(22)31-15-18-9-5-7-11-20(18)25/h4-14H,3,15H2,1-2H3,(H,28,29)/b27-14-. The molecule has 0 atom stereocenters. The maximum Gasteiger partial charge on any atom is 0.271 e. The van der Waals surface area contributed by atoms with Crippen LogP contribution in [0.15, 0.2) is 65.8 Å². The van der Waals surface area contributed by atoms with E-state index in [0.29, 0.717) is 35.3 Å². The summed E-state index contributed by atoms with van der Waals surface area (Å²) in [5.74, 6) is 0.991. The van der Waals surface area contributed by atoms with E-state index in [0.717, 1.165) is 20.3 Å². The second kappa shape index (κ2) is 11.2. The number of nitrogens with zero attached hydrogens (tertiary/aromatic N) is 1. The second-order valence-electron chi connectivity index (χ2n) is 6.66. The van der Waals surface area contributed by atoms with Crippen molar-refractivity contribution in [2.45, 2.75) is 20.5 Å². The summed E-state index contributed by atoms with van der Waals surface area (Å²) in [6.07, 6.45) is 1.58. The summed E-state index contributed by atoms with van der Waals surface area (Å²) >= 11 is 8.42. The summed E-state index contributed by atoms with van der Waals surface area (Å²) < 4.78 is 12.7. The van der Waals surface area contributed by atoms with Gasteiger partial charge in [-0.05, 0) is 71.8 Å². The van der Waals surface area contributed by atoms with Crippen molar-refractivity contribution in [2.24, 2.45) is 5.10 Å². The first-order valence-electron chi connectivity index (χ1n) is 9.71. The zero-order chi connectivity index (χ0) is 22.2. The third-order valence-corrected chi connectivity index (χ3v) is 5.60. The van der Waals surface area contributed by atoms with Gasteiger partial charge in [0.25, 0.3) is 5.91 Å². The molecule has 0 heterocycles. The smallest absolute Gasteiger partial charge is 0.271 e. The molecular weight excluding hydrogens is 527 g/mol. The van der Waals surface area contributed by atoms with Crippen LogP contribution in [0.2, 0.25) is 5.02 Å². The molecule has 0 unspecified atom stereocenters. The summed E-state index contributed by atoms with van der Waals surface area (Å²) in [7, 11) is 0. The van der Waals surface area contributed by atoms with Gasteiger partial charge in [-0.1, -0.05) is 48.0 Å². The molecule has 31 heavy (non-hydrogen) atoms. The summed E-state index contributed by atoms with van der Waals surface area (Å²) in [6, 6.07) is 18.7. The molecule has 0 aliphatic rings. The highest BCUT2D eigenvalue weighted by molar-refractivity contribution is 14.1. The topological polar surface area (TPSA) is 59.9 Å². The van der Waals surface area contributed by atoms with Gasteiger partial charge < -0.3 is 9.47 Å². The van der Waals surface area contributed by atoms with E-state index in [2.05, 4.69) is 33.1 Å². The number of amides is 1. The molecule has 3 rings (SSSR count). The Morgan fingerprint density at radius 3 is 2.61 bits per heavy atom. The van der Waals surface area contributed by atoms with Crippen molar-refractivity contribution < 1.29 is 14.3 Å². The highest BCUT2D eigenvalue weighted by atomic mass is 127. The highest BCUT2D eigenvalue weighted by Gasteiger charge is 2.13. The molecule has 3 aromatic carbocycles. The van der Waals surface area contributed by atoms with Crippen molar-refractivity contribution >= 4 is 46.3 Å². The molecule has 160 valence electrons. The zero-order valence-electron chi connectivity index (χ0n) is 17.2. The molecular formula is C24H22ClIN2O3. The lowest BCUT2D eigenvalue weighted by molar-refractivity contribution is 0.0954. The Hall–Kier alpha value is -2.58. The van der Waals surface area contributed by atoms with Crippen LogP contribution in [0.5, 0.6) is 11.5 Å². The Labute approximate surface area is 200 Å². The van der Waals surface area contributed by atoms with Gasteiger partial charge in [-0.3, -0.25) is 4.79 Å². The van der Waals surface area contributed by atoms with E-state index in [1.807, 2.05) is 68.4 Å². The Morgan fingerprint density at radius 2 is 1.87 bits per heavy atom. The van der Waals surface area contributed by atoms with E-state index >= 15 is 0 Å². The molecule has 7 heteroatoms. The zero-order valence-corrected chi connectivity index (χ0v) is 20.1. The Balaban J connectivity index is 1.74. The molecule has 3 aromatic rings. The number of aryl methyl sites for hydroxylation is 1. The molecule has 1 N–H and O–H groups in total. The highest BCUT2D eigenvalue weighted by Crippen LogP contribution is 2.35. The first-order chi connectivity index (χ1) is 15.0. The molecule has 0 bridgehead atoms. The van der Waals surface area contributed by atoms with Gasteiger partial charge in [-0.25, -0.2) is 5.43 Å². The number of halogens is 2. The molecule has 0 saturated carbocycles. The van der Waals surface area contributed by atoms with Gasteiger partial charge in [0, 0.05) is 16.1 Å². The maximum absolute atomic E-state index is 12.3. The van der Waals surface area contributed by atoms with E-state index in [1.165, 1.54) is 0 Å². The van der Waals surface area contributed by atoms with Crippen LogP contribution in [0.25, 0.3) is 0 Å². The van der Waals surface area contributed by atoms with Gasteiger partial charge in [-0.2, -0.15) is 5.10 Å². The first-order valence-corrected chi connectivity index (χ1v) is 11.2. The van der Waals surface area contributed by atoms with Crippen molar-refractivity contribution in [3.63, 3.8) is 0 Å². The fraction of sp³-hybridized carbons (Fsp3) is 0.167. The molecule has 0 aromatic heterocycles. The number of hydrogen-bond donors (Lipinski definition) is 1. The number of ether oxygens (including phenoxy) is 2. The Kier molecular flexibility index (Phi) is 8.31. The van der Waals surface area contributed by atoms with Crippen LogP contribution in [0.3, 0.4) is 0 Å². The van der Waals surface area contributed by atoms with Gasteiger partial charge in [0.1, 0.15) is 6.61 Å². The van der Waals surface area contributed by atoms with Crippen molar-refractivity contribution in [1.82, 2.24) is 5.43 Å². The van der Waals surface area contributed by atoms with Crippen LogP contribution in [-0.4, -0.2) is 18.7 Å². The van der Waals surface area contributed by atoms with Crippen molar-refractivity contribution in [1.29, 1.82) is 0 Å². The van der Waals surface area contributed by atoms with E-state index < -0.39 is 0 Å². The number of carbonyl (C=O) groups is 1. The number of hydrazone groups is 1. The largest absolute Gasteiger partial charge is 0.490 e. The number of carbonyl (C=O) groups excluding carboxylic acids is 1. The molecule has 1 amide bonds. The van der Waals surface area contributed by atoms with E-state index in [4.69, 9.17) is 21.1 Å². The molecule has 5 nitrogen and oxygen atoms in total. The van der Waals surface area contributed by atoms with E-state index in [1.54, 1.807) is 12.3 Å². The molecule has 0 aliphatic carbocycles. The Bertz CT molecular complexity index is 1100. The number of benzene rings is 3. The van der Waals surface area contributed by atoms with Gasteiger partial charge >= 0.3 is 0 Å². The van der Waals surface area contributed by atoms with Crippen LogP contribution in [-0.2, 0) is 6.61 Å². The molecule has 0 aliphatic heterocycles. The lowest BCUT2D eigenvalue weighted by Gasteiger charge is -2.15. The molecule has 0 radical (unpaired) electrons. The number of rotatable bonds is 8. The summed E-state index contributed by atoms with van der Waals surface area (Å²) in [5, 5.41) is 4.75. The van der Waals surface area contributed by atoms with Crippen LogP contribution < -0.4 is 14.9 Å². The van der Waals surface area contributed by atoms with E-state index in [-0.39, 0.29) is 5.91 Å². The van der Waals surface area contributed by atoms with Crippen molar-refractivity contribution in [3.05, 3.63) is 91.5 Å². The van der Waals surface area contributed by atoms with Crippen molar-refractivity contribution in [3.8, 4) is 11.5 Å². The third kappa shape index (κ3) is 6.21. The lowest BCUT2D eigenvalue weighted by Crippen LogP contribution is -2.18. The van der Waals surface area contributed by atoms with Crippen LogP contribution >= 0.6 is 34.2 Å². The quantitative estimate of drug-likeness (QED) is 0.214. The average molecular weight is 549 g/mol. The fourth-order valence-electron chi connectivity index (χ4n) is 2.88.